The number of cyclic esters (lactones) is 1. The highest BCUT2D eigenvalue weighted by atomic mass is 16.7. The summed E-state index contributed by atoms with van der Waals surface area (Å²) in [5.74, 6) is 0.665. The minimum absolute atomic E-state index is 0.0444. The zero-order valence-electron chi connectivity index (χ0n) is 16.6. The van der Waals surface area contributed by atoms with Crippen molar-refractivity contribution in [1.29, 1.82) is 0 Å². The van der Waals surface area contributed by atoms with E-state index in [-0.39, 0.29) is 24.3 Å². The molecule has 2 saturated heterocycles. The first-order chi connectivity index (χ1) is 13.0. The molecular formula is C22H31NO4. The van der Waals surface area contributed by atoms with Crippen molar-refractivity contribution in [2.45, 2.75) is 82.5 Å². The Bertz CT molecular complexity index is 656. The van der Waals surface area contributed by atoms with E-state index in [9.17, 15) is 4.79 Å². The van der Waals surface area contributed by atoms with Crippen molar-refractivity contribution in [3.05, 3.63) is 35.9 Å². The predicted molar refractivity (Wildman–Crippen MR) is 102 cm³/mol. The quantitative estimate of drug-likeness (QED) is 0.770. The molecule has 27 heavy (non-hydrogen) atoms. The number of benzene rings is 1. The van der Waals surface area contributed by atoms with Crippen LogP contribution >= 0.6 is 0 Å². The second-order valence-electron chi connectivity index (χ2n) is 8.79. The molecule has 2 aliphatic heterocycles. The van der Waals surface area contributed by atoms with Gasteiger partial charge in [-0.1, -0.05) is 62.4 Å². The van der Waals surface area contributed by atoms with Crippen LogP contribution in [0.25, 0.3) is 0 Å². The average Bonchev–Trinajstić information content (AvgIpc) is 3.13. The normalized spacial score (nSPS) is 34.0. The maximum atomic E-state index is 12.4. The first-order valence-corrected chi connectivity index (χ1v) is 10.3. The summed E-state index contributed by atoms with van der Waals surface area (Å²) in [6.45, 7) is 4.06. The number of rotatable bonds is 4. The molecule has 4 rings (SSSR count). The second-order valence-corrected chi connectivity index (χ2v) is 8.79. The van der Waals surface area contributed by atoms with E-state index in [2.05, 4.69) is 0 Å². The van der Waals surface area contributed by atoms with E-state index in [0.29, 0.717) is 5.92 Å². The van der Waals surface area contributed by atoms with Gasteiger partial charge < -0.3 is 19.1 Å². The molecule has 0 radical (unpaired) electrons. The molecule has 0 aromatic heterocycles. The Hall–Kier alpha value is -1.59. The molecule has 1 aromatic carbocycles. The van der Waals surface area contributed by atoms with E-state index in [1.54, 1.807) is 4.90 Å². The van der Waals surface area contributed by atoms with E-state index >= 15 is 0 Å². The van der Waals surface area contributed by atoms with Crippen molar-refractivity contribution in [3.8, 4) is 0 Å². The van der Waals surface area contributed by atoms with Gasteiger partial charge >= 0.3 is 6.09 Å². The Morgan fingerprint density at radius 3 is 2.52 bits per heavy atom. The summed E-state index contributed by atoms with van der Waals surface area (Å²) in [6.07, 6.45) is 6.16. The van der Waals surface area contributed by atoms with Gasteiger partial charge in [0.15, 0.2) is 12.4 Å². The average molecular weight is 373 g/mol. The van der Waals surface area contributed by atoms with E-state index in [1.807, 2.05) is 51.2 Å². The number of carbonyl (C=O) groups is 1. The van der Waals surface area contributed by atoms with Crippen LogP contribution in [-0.2, 0) is 14.2 Å². The number of carbonyl (C=O) groups excluding carboxylic acids is 1. The Morgan fingerprint density at radius 1 is 1.11 bits per heavy atom. The molecule has 1 unspecified atom stereocenters. The third-order valence-electron chi connectivity index (χ3n) is 6.44. The zero-order valence-corrected chi connectivity index (χ0v) is 16.6. The van der Waals surface area contributed by atoms with Crippen molar-refractivity contribution in [3.63, 3.8) is 0 Å². The maximum Gasteiger partial charge on any atom is 0.410 e. The number of ether oxygens (including phenoxy) is 3. The highest BCUT2D eigenvalue weighted by molar-refractivity contribution is 5.70. The molecule has 0 N–H and O–H groups in total. The Balaban J connectivity index is 1.53. The van der Waals surface area contributed by atoms with Gasteiger partial charge in [-0.15, -0.1) is 0 Å². The van der Waals surface area contributed by atoms with Crippen molar-refractivity contribution in [2.24, 2.45) is 5.92 Å². The van der Waals surface area contributed by atoms with E-state index < -0.39 is 11.9 Å². The summed E-state index contributed by atoms with van der Waals surface area (Å²) < 4.78 is 18.4. The molecule has 0 bridgehead atoms. The molecule has 148 valence electrons. The molecule has 4 atom stereocenters. The highest BCUT2D eigenvalue weighted by Crippen LogP contribution is 2.44. The molecule has 1 amide bonds. The lowest BCUT2D eigenvalue weighted by atomic mass is 9.81. The van der Waals surface area contributed by atoms with Gasteiger partial charge in [0.2, 0.25) is 0 Å². The molecule has 0 spiro atoms. The summed E-state index contributed by atoms with van der Waals surface area (Å²) in [5, 5.41) is 0. The Labute approximate surface area is 162 Å². The lowest BCUT2D eigenvalue weighted by Crippen LogP contribution is -2.49. The van der Waals surface area contributed by atoms with E-state index in [4.69, 9.17) is 14.2 Å². The van der Waals surface area contributed by atoms with Crippen LogP contribution in [0, 0.1) is 5.92 Å². The minimum Gasteiger partial charge on any atom is -0.441 e. The topological polar surface area (TPSA) is 48.0 Å². The molecule has 5 nitrogen and oxygen atoms in total. The van der Waals surface area contributed by atoms with Crippen LogP contribution in [0.4, 0.5) is 4.79 Å². The zero-order chi connectivity index (χ0) is 19.0. The molecule has 1 saturated carbocycles. The Kier molecular flexibility index (Phi) is 5.17. The largest absolute Gasteiger partial charge is 0.441 e. The molecule has 3 fully saturated rings. The molecule has 1 aromatic rings. The van der Waals surface area contributed by atoms with Crippen molar-refractivity contribution < 1.29 is 19.0 Å². The number of amides is 1. The SMILES string of the molecule is CN1C(=O)O[C@H]([C@@H]2OC(c3ccccc3)OC2(C)C)[C@@H]1CC1CCCCC1. The summed E-state index contributed by atoms with van der Waals surface area (Å²) >= 11 is 0. The number of likely N-dealkylation sites (N-methyl/N-ethyl adjacent to an activating group) is 1. The molecule has 5 heteroatoms. The predicted octanol–water partition coefficient (Wildman–Crippen LogP) is 4.67. The molecule has 3 aliphatic rings. The third kappa shape index (κ3) is 3.72. The van der Waals surface area contributed by atoms with Crippen molar-refractivity contribution in [2.75, 3.05) is 7.05 Å². The Morgan fingerprint density at radius 2 is 1.81 bits per heavy atom. The fourth-order valence-electron chi connectivity index (χ4n) is 4.85. The fraction of sp³-hybridized carbons (Fsp3) is 0.682. The smallest absolute Gasteiger partial charge is 0.410 e. The van der Waals surface area contributed by atoms with Gasteiger partial charge in [-0.05, 0) is 26.2 Å². The number of hydrogen-bond acceptors (Lipinski definition) is 4. The van der Waals surface area contributed by atoms with Gasteiger partial charge in [-0.2, -0.15) is 0 Å². The lowest BCUT2D eigenvalue weighted by Gasteiger charge is -2.33. The van der Waals surface area contributed by atoms with Crippen LogP contribution in [0.3, 0.4) is 0 Å². The standard InChI is InChI=1S/C22H31NO4/c1-22(2)19(26-20(27-22)16-12-8-5-9-13-16)18-17(23(3)21(24)25-18)14-15-10-6-4-7-11-15/h5,8-9,12-13,15,17-20H,4,6-7,10-11,14H2,1-3H3/t17-,18-,19-,20?/m0/s1. The minimum atomic E-state index is -0.526. The monoisotopic (exact) mass is 373 g/mol. The van der Waals surface area contributed by atoms with Gasteiger partial charge in [-0.25, -0.2) is 4.79 Å². The van der Waals surface area contributed by atoms with Crippen LogP contribution in [0.2, 0.25) is 0 Å². The van der Waals surface area contributed by atoms with Crippen LogP contribution in [-0.4, -0.2) is 41.9 Å². The van der Waals surface area contributed by atoms with E-state index in [0.717, 1.165) is 12.0 Å². The van der Waals surface area contributed by atoms with Gasteiger partial charge in [0.1, 0.15) is 6.10 Å². The first-order valence-electron chi connectivity index (χ1n) is 10.3. The van der Waals surface area contributed by atoms with Crippen LogP contribution in [0.15, 0.2) is 30.3 Å². The van der Waals surface area contributed by atoms with Gasteiger partial charge in [0, 0.05) is 12.6 Å². The lowest BCUT2D eigenvalue weighted by molar-refractivity contribution is -0.0901. The molecular weight excluding hydrogens is 342 g/mol. The fourth-order valence-corrected chi connectivity index (χ4v) is 4.85. The van der Waals surface area contributed by atoms with Gasteiger partial charge in [0.25, 0.3) is 0 Å². The summed E-state index contributed by atoms with van der Waals surface area (Å²) in [5.41, 5.74) is 0.469. The van der Waals surface area contributed by atoms with Crippen molar-refractivity contribution >= 4 is 6.09 Å². The van der Waals surface area contributed by atoms with Crippen LogP contribution in [0.1, 0.15) is 64.2 Å². The van der Waals surface area contributed by atoms with E-state index in [1.165, 1.54) is 32.1 Å². The summed E-state index contributed by atoms with van der Waals surface area (Å²) in [4.78, 5) is 14.1. The number of nitrogens with zero attached hydrogens (tertiary/aromatic N) is 1. The summed E-state index contributed by atoms with van der Waals surface area (Å²) in [6, 6.07) is 10.0. The van der Waals surface area contributed by atoms with Gasteiger partial charge in [0.05, 0.1) is 11.6 Å². The third-order valence-corrected chi connectivity index (χ3v) is 6.44. The van der Waals surface area contributed by atoms with Gasteiger partial charge in [-0.3, -0.25) is 0 Å². The second kappa shape index (κ2) is 7.44. The summed E-state index contributed by atoms with van der Waals surface area (Å²) in [7, 11) is 1.85. The molecule has 1 aliphatic carbocycles. The number of hydrogen-bond donors (Lipinski definition) is 0. The highest BCUT2D eigenvalue weighted by Gasteiger charge is 2.55. The first kappa shape index (κ1) is 18.8. The van der Waals surface area contributed by atoms with Crippen LogP contribution < -0.4 is 0 Å². The van der Waals surface area contributed by atoms with Crippen molar-refractivity contribution in [1.82, 2.24) is 4.90 Å². The maximum absolute atomic E-state index is 12.4. The molecule has 2 heterocycles. The van der Waals surface area contributed by atoms with Crippen LogP contribution in [0.5, 0.6) is 0 Å².